The van der Waals surface area contributed by atoms with Crippen LogP contribution in [0.3, 0.4) is 0 Å². The summed E-state index contributed by atoms with van der Waals surface area (Å²) in [7, 11) is 8.32. The summed E-state index contributed by atoms with van der Waals surface area (Å²) in [6, 6.07) is 10.8. The van der Waals surface area contributed by atoms with Crippen LogP contribution in [0.2, 0.25) is 0 Å². The van der Waals surface area contributed by atoms with Crippen molar-refractivity contribution in [2.45, 2.75) is 0 Å². The minimum atomic E-state index is 0. The summed E-state index contributed by atoms with van der Waals surface area (Å²) in [6.07, 6.45) is 0. The fourth-order valence-corrected chi connectivity index (χ4v) is 1.98. The van der Waals surface area contributed by atoms with Gasteiger partial charge in [0, 0.05) is 39.9 Å². The molecule has 0 amide bonds. The standard InChI is InChI=1S/C13H17N2.Hf/c1-14(2)12-8-9-13(15(3)4)11-7-5-6-10(11)12;/h5-9H,1-4H3;/q-1;. The van der Waals surface area contributed by atoms with Crippen LogP contribution in [0, 0.1) is 0 Å². The van der Waals surface area contributed by atoms with Gasteiger partial charge >= 0.3 is 0 Å². The molecule has 0 aliphatic heterocycles. The average Bonchev–Trinajstić information content (AvgIpc) is 2.63. The number of anilines is 2. The van der Waals surface area contributed by atoms with Crippen LogP contribution in [0.1, 0.15) is 0 Å². The fraction of sp³-hybridized carbons (Fsp3) is 0.308. The number of rotatable bonds is 2. The van der Waals surface area contributed by atoms with E-state index in [2.05, 4.69) is 68.3 Å². The second-order valence-electron chi connectivity index (χ2n) is 4.25. The van der Waals surface area contributed by atoms with Gasteiger partial charge in [0.15, 0.2) is 0 Å². The van der Waals surface area contributed by atoms with E-state index in [0.29, 0.717) is 0 Å². The second-order valence-corrected chi connectivity index (χ2v) is 4.25. The molecule has 0 bridgehead atoms. The monoisotopic (exact) mass is 381 g/mol. The van der Waals surface area contributed by atoms with Gasteiger partial charge < -0.3 is 9.80 Å². The van der Waals surface area contributed by atoms with Crippen molar-refractivity contribution in [2.75, 3.05) is 38.0 Å². The number of hydrogen-bond acceptors (Lipinski definition) is 2. The molecule has 0 saturated heterocycles. The maximum atomic E-state index is 2.18. The molecule has 0 N–H and O–H groups in total. The van der Waals surface area contributed by atoms with E-state index in [1.807, 2.05) is 0 Å². The second kappa shape index (κ2) is 5.09. The minimum absolute atomic E-state index is 0. The molecule has 16 heavy (non-hydrogen) atoms. The van der Waals surface area contributed by atoms with E-state index in [4.69, 9.17) is 0 Å². The predicted octanol–water partition coefficient (Wildman–Crippen LogP) is 2.69. The number of hydrogen-bond donors (Lipinski definition) is 0. The van der Waals surface area contributed by atoms with Crippen LogP contribution in [0.5, 0.6) is 0 Å². The zero-order valence-electron chi connectivity index (χ0n) is 10.3. The third-order valence-corrected chi connectivity index (χ3v) is 2.73. The molecule has 0 spiro atoms. The Bertz CT molecular complexity index is 430. The van der Waals surface area contributed by atoms with E-state index in [0.717, 1.165) is 0 Å². The molecule has 2 aromatic carbocycles. The van der Waals surface area contributed by atoms with Gasteiger partial charge in [0.25, 0.3) is 0 Å². The Morgan fingerprint density at radius 2 is 1.44 bits per heavy atom. The van der Waals surface area contributed by atoms with Crippen molar-refractivity contribution in [1.29, 1.82) is 0 Å². The van der Waals surface area contributed by atoms with Gasteiger partial charge in [-0.25, -0.2) is 0 Å². The van der Waals surface area contributed by atoms with Crippen molar-refractivity contribution in [3.05, 3.63) is 30.3 Å². The van der Waals surface area contributed by atoms with E-state index in [-0.39, 0.29) is 25.8 Å². The Morgan fingerprint density at radius 3 is 2.00 bits per heavy atom. The molecular weight excluding hydrogens is 363 g/mol. The van der Waals surface area contributed by atoms with Crippen molar-refractivity contribution in [3.63, 3.8) is 0 Å². The fourth-order valence-electron chi connectivity index (χ4n) is 1.98. The molecule has 0 aliphatic rings. The summed E-state index contributed by atoms with van der Waals surface area (Å²) >= 11 is 0. The molecule has 3 heteroatoms. The van der Waals surface area contributed by atoms with Crippen LogP contribution in [0.4, 0.5) is 11.4 Å². The van der Waals surface area contributed by atoms with Gasteiger partial charge in [-0.2, -0.15) is 12.1 Å². The van der Waals surface area contributed by atoms with Crippen LogP contribution < -0.4 is 9.80 Å². The van der Waals surface area contributed by atoms with E-state index in [1.54, 1.807) is 0 Å². The number of benzene rings is 1. The van der Waals surface area contributed by atoms with E-state index in [1.165, 1.54) is 22.1 Å². The molecule has 2 nitrogen and oxygen atoms in total. The van der Waals surface area contributed by atoms with E-state index >= 15 is 0 Å². The zero-order chi connectivity index (χ0) is 11.0. The molecule has 0 radical (unpaired) electrons. The summed E-state index contributed by atoms with van der Waals surface area (Å²) in [5.74, 6) is 0. The van der Waals surface area contributed by atoms with Crippen molar-refractivity contribution in [1.82, 2.24) is 0 Å². The van der Waals surface area contributed by atoms with Gasteiger partial charge in [0.2, 0.25) is 0 Å². The van der Waals surface area contributed by atoms with Crippen LogP contribution >= 0.6 is 0 Å². The summed E-state index contributed by atoms with van der Waals surface area (Å²) in [4.78, 5) is 4.31. The molecule has 0 atom stereocenters. The molecule has 0 aromatic heterocycles. The van der Waals surface area contributed by atoms with E-state index < -0.39 is 0 Å². The molecule has 0 heterocycles. The van der Waals surface area contributed by atoms with Gasteiger partial charge in [0.05, 0.1) is 0 Å². The van der Waals surface area contributed by atoms with Gasteiger partial charge in [-0.15, -0.1) is 16.8 Å². The smallest absolute Gasteiger partial charge is 0.00536 e. The first-order valence-corrected chi connectivity index (χ1v) is 5.14. The number of fused-ring (bicyclic) bond motifs is 1. The molecule has 0 fully saturated rings. The minimum Gasteiger partial charge on any atom is -0.415 e. The topological polar surface area (TPSA) is 6.48 Å². The normalized spacial score (nSPS) is 10.0. The zero-order valence-corrected chi connectivity index (χ0v) is 13.9. The van der Waals surface area contributed by atoms with Gasteiger partial charge in [-0.1, -0.05) is 12.1 Å². The molecule has 2 aromatic rings. The van der Waals surface area contributed by atoms with Crippen molar-refractivity contribution in [3.8, 4) is 0 Å². The first-order valence-electron chi connectivity index (χ1n) is 5.14. The Hall–Kier alpha value is -0.700. The van der Waals surface area contributed by atoms with Crippen molar-refractivity contribution >= 4 is 22.1 Å². The van der Waals surface area contributed by atoms with Crippen molar-refractivity contribution < 1.29 is 25.8 Å². The SMILES string of the molecule is CN(C)c1ccc(N(C)C)c2[cH-]ccc12.[Hf]. The average molecular weight is 380 g/mol. The van der Waals surface area contributed by atoms with Crippen LogP contribution in [0.15, 0.2) is 30.3 Å². The molecule has 0 aliphatic carbocycles. The quantitative estimate of drug-likeness (QED) is 0.585. The summed E-state index contributed by atoms with van der Waals surface area (Å²) < 4.78 is 0. The summed E-state index contributed by atoms with van der Waals surface area (Å²) in [5.41, 5.74) is 2.56. The molecule has 0 unspecified atom stereocenters. The van der Waals surface area contributed by atoms with Gasteiger partial charge in [0.1, 0.15) is 0 Å². The third-order valence-electron chi connectivity index (χ3n) is 2.73. The van der Waals surface area contributed by atoms with Crippen molar-refractivity contribution in [2.24, 2.45) is 0 Å². The Kier molecular flexibility index (Phi) is 4.25. The van der Waals surface area contributed by atoms with Gasteiger partial charge in [-0.3, -0.25) is 0 Å². The van der Waals surface area contributed by atoms with Gasteiger partial charge in [-0.05, 0) is 25.5 Å². The van der Waals surface area contributed by atoms with E-state index in [9.17, 15) is 0 Å². The van der Waals surface area contributed by atoms with Crippen LogP contribution in [0.25, 0.3) is 10.8 Å². The Balaban J connectivity index is 0.00000128. The predicted molar refractivity (Wildman–Crippen MR) is 68.2 cm³/mol. The Labute approximate surface area is 116 Å². The molecule has 2 rings (SSSR count). The maximum Gasteiger partial charge on any atom is 0.00536 e. The largest absolute Gasteiger partial charge is 0.415 e. The van der Waals surface area contributed by atoms with Crippen LogP contribution in [-0.4, -0.2) is 28.2 Å². The molecule has 84 valence electrons. The maximum absolute atomic E-state index is 2.18. The molecular formula is C13H17HfN2-. The first kappa shape index (κ1) is 13.4. The van der Waals surface area contributed by atoms with Crippen LogP contribution in [-0.2, 0) is 25.8 Å². The molecule has 0 saturated carbocycles. The first-order chi connectivity index (χ1) is 7.11. The number of nitrogens with zero attached hydrogens (tertiary/aromatic N) is 2. The summed E-state index contributed by atoms with van der Waals surface area (Å²) in [5, 5.41) is 2.65. The Morgan fingerprint density at radius 1 is 0.875 bits per heavy atom. The third kappa shape index (κ3) is 2.19. The summed E-state index contributed by atoms with van der Waals surface area (Å²) in [6.45, 7) is 0.